The first-order valence-electron chi connectivity index (χ1n) is 12.0. The zero-order valence-corrected chi connectivity index (χ0v) is 21.9. The molecule has 36 heavy (non-hydrogen) atoms. The standard InChI is InChI=1S/C27H28N4O3S2/c1-19-8-13-24-25(16-19)35-27(29-24)31(18-22-7-3-4-14-28-22)26(32)21-9-11-23(12-10-21)36(33,34)30-15-5-6-20(2)17-30/h3-4,7-14,16,20H,5-6,15,17-18H2,1-2H3. The van der Waals surface area contributed by atoms with E-state index in [0.29, 0.717) is 29.7 Å². The molecular formula is C27H28N4O3S2. The van der Waals surface area contributed by atoms with Crippen molar-refractivity contribution >= 4 is 42.6 Å². The SMILES string of the molecule is Cc1ccc2nc(N(Cc3ccccn3)C(=O)c3ccc(S(=O)(=O)N4CCCC(C)C4)cc3)sc2c1. The number of hydrogen-bond donors (Lipinski definition) is 0. The van der Waals surface area contributed by atoms with E-state index in [4.69, 9.17) is 4.98 Å². The Hall–Kier alpha value is -3.14. The van der Waals surface area contributed by atoms with Crippen molar-refractivity contribution in [3.63, 3.8) is 0 Å². The minimum atomic E-state index is -3.59. The summed E-state index contributed by atoms with van der Waals surface area (Å²) in [6, 6.07) is 17.8. The lowest BCUT2D eigenvalue weighted by Gasteiger charge is -2.30. The molecule has 0 N–H and O–H groups in total. The van der Waals surface area contributed by atoms with Crippen LogP contribution in [0.3, 0.4) is 0 Å². The first kappa shape index (κ1) is 24.5. The lowest BCUT2D eigenvalue weighted by Crippen LogP contribution is -2.39. The van der Waals surface area contributed by atoms with E-state index in [1.54, 1.807) is 27.5 Å². The molecule has 5 rings (SSSR count). The van der Waals surface area contributed by atoms with Crippen LogP contribution in [-0.2, 0) is 16.6 Å². The summed E-state index contributed by atoms with van der Waals surface area (Å²) in [6.07, 6.45) is 3.60. The van der Waals surface area contributed by atoms with E-state index >= 15 is 0 Å². The Morgan fingerprint density at radius 1 is 1.14 bits per heavy atom. The second-order valence-corrected chi connectivity index (χ2v) is 12.3. The molecule has 9 heteroatoms. The van der Waals surface area contributed by atoms with Crippen LogP contribution in [0.25, 0.3) is 10.2 Å². The molecule has 1 unspecified atom stereocenters. The second kappa shape index (κ2) is 10.1. The zero-order valence-electron chi connectivity index (χ0n) is 20.3. The molecule has 1 fully saturated rings. The van der Waals surface area contributed by atoms with Gasteiger partial charge in [0.1, 0.15) is 0 Å². The molecule has 0 radical (unpaired) electrons. The summed E-state index contributed by atoms with van der Waals surface area (Å²) in [4.78, 5) is 24.6. The van der Waals surface area contributed by atoms with Crippen molar-refractivity contribution in [3.05, 3.63) is 83.7 Å². The fourth-order valence-corrected chi connectivity index (χ4v) is 7.11. The number of hydrogen-bond acceptors (Lipinski definition) is 6. The van der Waals surface area contributed by atoms with Crippen LogP contribution >= 0.6 is 11.3 Å². The number of nitrogens with zero attached hydrogens (tertiary/aromatic N) is 4. The number of aromatic nitrogens is 2. The number of aryl methyl sites for hydroxylation is 1. The van der Waals surface area contributed by atoms with E-state index < -0.39 is 10.0 Å². The molecule has 3 heterocycles. The quantitative estimate of drug-likeness (QED) is 0.346. The first-order chi connectivity index (χ1) is 17.3. The average Bonchev–Trinajstić information content (AvgIpc) is 3.30. The number of sulfonamides is 1. The van der Waals surface area contributed by atoms with Gasteiger partial charge in [0.05, 0.1) is 27.4 Å². The molecule has 1 aliphatic heterocycles. The monoisotopic (exact) mass is 520 g/mol. The Bertz CT molecular complexity index is 1480. The van der Waals surface area contributed by atoms with Crippen LogP contribution in [0.2, 0.25) is 0 Å². The summed E-state index contributed by atoms with van der Waals surface area (Å²) in [5.41, 5.74) is 3.09. The molecule has 186 valence electrons. The van der Waals surface area contributed by atoms with Crippen LogP contribution in [0, 0.1) is 12.8 Å². The molecule has 1 aliphatic rings. The number of fused-ring (bicyclic) bond motifs is 1. The van der Waals surface area contributed by atoms with Crippen molar-refractivity contribution in [3.8, 4) is 0 Å². The smallest absolute Gasteiger partial charge is 0.260 e. The van der Waals surface area contributed by atoms with Crippen LogP contribution in [0.15, 0.2) is 71.8 Å². The number of anilines is 1. The number of rotatable bonds is 6. The molecule has 1 atom stereocenters. The van der Waals surface area contributed by atoms with Gasteiger partial charge in [-0.3, -0.25) is 14.7 Å². The van der Waals surface area contributed by atoms with Gasteiger partial charge in [-0.25, -0.2) is 13.4 Å². The third-order valence-corrected chi connectivity index (χ3v) is 9.33. The maximum Gasteiger partial charge on any atom is 0.260 e. The Morgan fingerprint density at radius 2 is 1.94 bits per heavy atom. The fraction of sp³-hybridized carbons (Fsp3) is 0.296. The van der Waals surface area contributed by atoms with Crippen molar-refractivity contribution in [1.29, 1.82) is 0 Å². The van der Waals surface area contributed by atoms with E-state index in [0.717, 1.165) is 34.3 Å². The second-order valence-electron chi connectivity index (χ2n) is 9.31. The van der Waals surface area contributed by atoms with Gasteiger partial charge in [0.2, 0.25) is 10.0 Å². The van der Waals surface area contributed by atoms with Crippen molar-refractivity contribution in [1.82, 2.24) is 14.3 Å². The Labute approximate surface area is 215 Å². The predicted octanol–water partition coefficient (Wildman–Crippen LogP) is 5.27. The Kier molecular flexibility index (Phi) is 6.87. The van der Waals surface area contributed by atoms with E-state index in [1.807, 2.05) is 37.3 Å². The summed E-state index contributed by atoms with van der Waals surface area (Å²) in [5, 5.41) is 0.574. The largest absolute Gasteiger partial charge is 0.278 e. The van der Waals surface area contributed by atoms with Crippen molar-refractivity contribution in [2.24, 2.45) is 5.92 Å². The lowest BCUT2D eigenvalue weighted by atomic mass is 10.0. The van der Waals surface area contributed by atoms with E-state index in [2.05, 4.69) is 18.0 Å². The summed E-state index contributed by atoms with van der Waals surface area (Å²) in [6.45, 7) is 5.41. The highest BCUT2D eigenvalue weighted by molar-refractivity contribution is 7.89. The topological polar surface area (TPSA) is 83.5 Å². The highest BCUT2D eigenvalue weighted by Crippen LogP contribution is 2.32. The van der Waals surface area contributed by atoms with Gasteiger partial charge in [-0.05, 0) is 79.8 Å². The lowest BCUT2D eigenvalue weighted by molar-refractivity contribution is 0.0984. The molecule has 0 bridgehead atoms. The minimum Gasteiger partial charge on any atom is -0.278 e. The van der Waals surface area contributed by atoms with E-state index in [1.165, 1.54) is 23.5 Å². The van der Waals surface area contributed by atoms with Crippen LogP contribution in [0.1, 0.15) is 41.4 Å². The normalized spacial score (nSPS) is 16.8. The van der Waals surface area contributed by atoms with Crippen molar-refractivity contribution in [2.75, 3.05) is 18.0 Å². The molecule has 1 saturated heterocycles. The number of benzene rings is 2. The number of amides is 1. The summed E-state index contributed by atoms with van der Waals surface area (Å²) < 4.78 is 28.9. The van der Waals surface area contributed by atoms with Gasteiger partial charge in [0.15, 0.2) is 5.13 Å². The number of carbonyl (C=O) groups is 1. The molecule has 1 amide bonds. The van der Waals surface area contributed by atoms with Crippen LogP contribution < -0.4 is 4.90 Å². The highest BCUT2D eigenvalue weighted by atomic mass is 32.2. The van der Waals surface area contributed by atoms with Gasteiger partial charge in [0, 0.05) is 24.8 Å². The van der Waals surface area contributed by atoms with Gasteiger partial charge in [0.25, 0.3) is 5.91 Å². The third-order valence-electron chi connectivity index (χ3n) is 6.41. The maximum absolute atomic E-state index is 13.7. The summed E-state index contributed by atoms with van der Waals surface area (Å²) in [5.74, 6) is 0.0825. The van der Waals surface area contributed by atoms with Gasteiger partial charge < -0.3 is 0 Å². The molecule has 2 aromatic heterocycles. The van der Waals surface area contributed by atoms with Crippen molar-refractivity contribution < 1.29 is 13.2 Å². The van der Waals surface area contributed by atoms with Crippen LogP contribution in [0.4, 0.5) is 5.13 Å². The van der Waals surface area contributed by atoms with Gasteiger partial charge in [-0.1, -0.05) is 30.4 Å². The average molecular weight is 521 g/mol. The third kappa shape index (κ3) is 5.04. The molecule has 0 saturated carbocycles. The number of piperidine rings is 1. The molecule has 0 aliphatic carbocycles. The van der Waals surface area contributed by atoms with Gasteiger partial charge >= 0.3 is 0 Å². The van der Waals surface area contributed by atoms with E-state index in [9.17, 15) is 13.2 Å². The summed E-state index contributed by atoms with van der Waals surface area (Å²) >= 11 is 1.45. The van der Waals surface area contributed by atoms with Crippen LogP contribution in [-0.4, -0.2) is 41.7 Å². The fourth-order valence-electron chi connectivity index (χ4n) is 4.45. The minimum absolute atomic E-state index is 0.208. The molecule has 4 aromatic rings. The first-order valence-corrected chi connectivity index (χ1v) is 14.3. The number of thiazole rings is 1. The van der Waals surface area contributed by atoms with Crippen molar-refractivity contribution in [2.45, 2.75) is 38.1 Å². The molecule has 7 nitrogen and oxygen atoms in total. The van der Waals surface area contributed by atoms with Gasteiger partial charge in [-0.15, -0.1) is 0 Å². The zero-order chi connectivity index (χ0) is 25.3. The van der Waals surface area contributed by atoms with Gasteiger partial charge in [-0.2, -0.15) is 4.31 Å². The molecule has 2 aromatic carbocycles. The number of pyridine rings is 1. The van der Waals surface area contributed by atoms with E-state index in [-0.39, 0.29) is 17.3 Å². The Balaban J connectivity index is 1.46. The van der Waals surface area contributed by atoms with Crippen LogP contribution in [0.5, 0.6) is 0 Å². The molecular weight excluding hydrogens is 492 g/mol. The Morgan fingerprint density at radius 3 is 2.67 bits per heavy atom. The number of carbonyl (C=O) groups excluding carboxylic acids is 1. The highest BCUT2D eigenvalue weighted by Gasteiger charge is 2.29. The molecule has 0 spiro atoms. The summed E-state index contributed by atoms with van der Waals surface area (Å²) in [7, 11) is -3.59. The predicted molar refractivity (Wildman–Crippen MR) is 143 cm³/mol. The maximum atomic E-state index is 13.7.